The van der Waals surface area contributed by atoms with Gasteiger partial charge in [0.05, 0.1) is 19.2 Å². The van der Waals surface area contributed by atoms with Crippen molar-refractivity contribution >= 4 is 35.3 Å². The fraction of sp³-hybridized carbons (Fsp3) is 0.192. The van der Waals surface area contributed by atoms with E-state index in [4.69, 9.17) is 21.1 Å². The quantitative estimate of drug-likeness (QED) is 0.384. The van der Waals surface area contributed by atoms with Gasteiger partial charge >= 0.3 is 0 Å². The number of nitrogens with one attached hydrogen (secondary N) is 1. The number of rotatable bonds is 8. The highest BCUT2D eigenvalue weighted by molar-refractivity contribution is 6.31. The lowest BCUT2D eigenvalue weighted by Gasteiger charge is -2.16. The monoisotopic (exact) mass is 477 g/mol. The highest BCUT2D eigenvalue weighted by atomic mass is 35.5. The largest absolute Gasteiger partial charge is 0.493 e. The van der Waals surface area contributed by atoms with Crippen LogP contribution in [0, 0.1) is 5.92 Å². The second-order valence-electron chi connectivity index (χ2n) is 7.77. The van der Waals surface area contributed by atoms with E-state index in [1.165, 1.54) is 6.21 Å². The van der Waals surface area contributed by atoms with Crippen LogP contribution in [0.2, 0.25) is 5.02 Å². The number of amides is 2. The van der Waals surface area contributed by atoms with Crippen molar-refractivity contribution in [2.45, 2.75) is 13.0 Å². The van der Waals surface area contributed by atoms with Gasteiger partial charge in [-0.15, -0.1) is 0 Å². The Kier molecular flexibility index (Phi) is 7.44. The number of benzene rings is 3. The Balaban J connectivity index is 1.34. The Hall–Kier alpha value is -3.84. The fourth-order valence-electron chi connectivity index (χ4n) is 3.66. The molecule has 0 bridgehead atoms. The SMILES string of the molecule is COc1cc(/C=N\NC(=O)[C@H]2CC(=O)N(c3ccccc3)C2)ccc1OCc1ccccc1Cl. The van der Waals surface area contributed by atoms with Crippen molar-refractivity contribution in [3.63, 3.8) is 0 Å². The van der Waals surface area contributed by atoms with Gasteiger partial charge in [0.25, 0.3) is 0 Å². The number of nitrogens with zero attached hydrogens (tertiary/aromatic N) is 2. The number of hydrazone groups is 1. The molecule has 0 aliphatic carbocycles. The van der Waals surface area contributed by atoms with E-state index in [0.717, 1.165) is 16.8 Å². The van der Waals surface area contributed by atoms with Crippen molar-refractivity contribution in [2.24, 2.45) is 11.0 Å². The molecule has 2 amide bonds. The second kappa shape index (κ2) is 10.9. The highest BCUT2D eigenvalue weighted by Crippen LogP contribution is 2.29. The molecule has 4 rings (SSSR count). The van der Waals surface area contributed by atoms with Crippen LogP contribution in [-0.2, 0) is 16.2 Å². The first kappa shape index (κ1) is 23.3. The average molecular weight is 478 g/mol. The van der Waals surface area contributed by atoms with E-state index in [-0.39, 0.29) is 18.2 Å². The van der Waals surface area contributed by atoms with Gasteiger partial charge in [-0.05, 0) is 42.0 Å². The molecule has 1 saturated heterocycles. The minimum Gasteiger partial charge on any atom is -0.493 e. The van der Waals surface area contributed by atoms with Crippen LogP contribution in [0.15, 0.2) is 77.9 Å². The molecule has 1 atom stereocenters. The molecule has 3 aromatic rings. The minimum atomic E-state index is -0.458. The smallest absolute Gasteiger partial charge is 0.245 e. The molecule has 0 spiro atoms. The molecule has 174 valence electrons. The molecular weight excluding hydrogens is 454 g/mol. The van der Waals surface area contributed by atoms with Gasteiger partial charge in [0.15, 0.2) is 11.5 Å². The first-order chi connectivity index (χ1) is 16.5. The van der Waals surface area contributed by atoms with E-state index < -0.39 is 5.92 Å². The van der Waals surface area contributed by atoms with Crippen LogP contribution in [0.25, 0.3) is 0 Å². The van der Waals surface area contributed by atoms with Crippen molar-refractivity contribution < 1.29 is 19.1 Å². The van der Waals surface area contributed by atoms with Gasteiger partial charge in [0.1, 0.15) is 6.61 Å². The molecule has 0 saturated carbocycles. The predicted octanol–water partition coefficient (Wildman–Crippen LogP) is 4.43. The third-order valence-corrected chi connectivity index (χ3v) is 5.85. The summed E-state index contributed by atoms with van der Waals surface area (Å²) in [7, 11) is 1.55. The summed E-state index contributed by atoms with van der Waals surface area (Å²) in [6, 6.07) is 22.1. The minimum absolute atomic E-state index is 0.0764. The lowest BCUT2D eigenvalue weighted by atomic mass is 10.1. The van der Waals surface area contributed by atoms with Crippen LogP contribution in [-0.4, -0.2) is 31.7 Å². The molecule has 8 heteroatoms. The highest BCUT2D eigenvalue weighted by Gasteiger charge is 2.35. The molecule has 0 radical (unpaired) electrons. The van der Waals surface area contributed by atoms with E-state index >= 15 is 0 Å². The number of carbonyl (C=O) groups is 2. The maximum Gasteiger partial charge on any atom is 0.245 e. The third-order valence-electron chi connectivity index (χ3n) is 5.48. The molecule has 1 aliphatic heterocycles. The molecule has 1 heterocycles. The zero-order valence-corrected chi connectivity index (χ0v) is 19.4. The van der Waals surface area contributed by atoms with Crippen LogP contribution in [0.3, 0.4) is 0 Å². The summed E-state index contributed by atoms with van der Waals surface area (Å²) >= 11 is 6.18. The molecule has 0 unspecified atom stereocenters. The molecule has 7 nitrogen and oxygen atoms in total. The summed E-state index contributed by atoms with van der Waals surface area (Å²) in [6.07, 6.45) is 1.67. The summed E-state index contributed by atoms with van der Waals surface area (Å²) in [6.45, 7) is 0.634. The van der Waals surface area contributed by atoms with Crippen molar-refractivity contribution in [3.8, 4) is 11.5 Å². The average Bonchev–Trinajstić information content (AvgIpc) is 3.26. The van der Waals surface area contributed by atoms with Crippen LogP contribution in [0.1, 0.15) is 17.5 Å². The van der Waals surface area contributed by atoms with Crippen LogP contribution < -0.4 is 19.8 Å². The van der Waals surface area contributed by atoms with Gasteiger partial charge < -0.3 is 14.4 Å². The van der Waals surface area contributed by atoms with Crippen LogP contribution in [0.4, 0.5) is 5.69 Å². The molecular formula is C26H24ClN3O4. The summed E-state index contributed by atoms with van der Waals surface area (Å²) in [5, 5.41) is 4.69. The number of anilines is 1. The Morgan fingerprint density at radius 1 is 1.12 bits per heavy atom. The maximum absolute atomic E-state index is 12.5. The number of methoxy groups -OCH3 is 1. The van der Waals surface area contributed by atoms with Crippen LogP contribution >= 0.6 is 11.6 Å². The van der Waals surface area contributed by atoms with Crippen molar-refractivity contribution in [3.05, 3.63) is 88.9 Å². The zero-order valence-electron chi connectivity index (χ0n) is 18.6. The zero-order chi connectivity index (χ0) is 23.9. The summed E-state index contributed by atoms with van der Waals surface area (Å²) in [5.41, 5.74) is 4.91. The first-order valence-corrected chi connectivity index (χ1v) is 11.2. The number of hydrogen-bond donors (Lipinski definition) is 1. The predicted molar refractivity (Wildman–Crippen MR) is 131 cm³/mol. The van der Waals surface area contributed by atoms with Gasteiger partial charge in [-0.25, -0.2) is 5.43 Å². The molecule has 0 aromatic heterocycles. The standard InChI is InChI=1S/C26H24ClN3O4/c1-33-24-13-18(11-12-23(24)34-17-19-7-5-6-10-22(19)27)15-28-29-26(32)20-14-25(31)30(16-20)21-8-3-2-4-9-21/h2-13,15,20H,14,16-17H2,1H3,(H,29,32)/b28-15-/t20-/m0/s1. The Morgan fingerprint density at radius 2 is 1.88 bits per heavy atom. The van der Waals surface area contributed by atoms with E-state index in [9.17, 15) is 9.59 Å². The number of para-hydroxylation sites is 1. The fourth-order valence-corrected chi connectivity index (χ4v) is 3.85. The van der Waals surface area contributed by atoms with Gasteiger partial charge in [0.2, 0.25) is 11.8 Å². The topological polar surface area (TPSA) is 80.2 Å². The first-order valence-electron chi connectivity index (χ1n) is 10.8. The molecule has 1 N–H and O–H groups in total. The van der Waals surface area contributed by atoms with E-state index in [1.54, 1.807) is 30.2 Å². The summed E-state index contributed by atoms with van der Waals surface area (Å²) in [5.74, 6) is 0.262. The van der Waals surface area contributed by atoms with E-state index in [2.05, 4.69) is 10.5 Å². The van der Waals surface area contributed by atoms with E-state index in [1.807, 2.05) is 54.6 Å². The molecule has 1 fully saturated rings. The number of carbonyl (C=O) groups excluding carboxylic acids is 2. The maximum atomic E-state index is 12.5. The molecule has 1 aliphatic rings. The second-order valence-corrected chi connectivity index (χ2v) is 8.17. The summed E-state index contributed by atoms with van der Waals surface area (Å²) in [4.78, 5) is 26.5. The van der Waals surface area contributed by atoms with Gasteiger partial charge in [-0.3, -0.25) is 9.59 Å². The van der Waals surface area contributed by atoms with E-state index in [0.29, 0.717) is 29.7 Å². The van der Waals surface area contributed by atoms with Crippen molar-refractivity contribution in [2.75, 3.05) is 18.6 Å². The van der Waals surface area contributed by atoms with Gasteiger partial charge in [-0.2, -0.15) is 5.10 Å². The van der Waals surface area contributed by atoms with Gasteiger partial charge in [-0.1, -0.05) is 48.0 Å². The lowest BCUT2D eigenvalue weighted by Crippen LogP contribution is -2.30. The number of hydrogen-bond acceptors (Lipinski definition) is 5. The van der Waals surface area contributed by atoms with Gasteiger partial charge in [0, 0.05) is 29.2 Å². The number of halogens is 1. The van der Waals surface area contributed by atoms with Crippen molar-refractivity contribution in [1.82, 2.24) is 5.43 Å². The number of ether oxygens (including phenoxy) is 2. The Bertz CT molecular complexity index is 1200. The Labute approximate surface area is 202 Å². The molecule has 34 heavy (non-hydrogen) atoms. The van der Waals surface area contributed by atoms with Crippen LogP contribution in [0.5, 0.6) is 11.5 Å². The third kappa shape index (κ3) is 5.55. The Morgan fingerprint density at radius 3 is 2.65 bits per heavy atom. The molecule has 3 aromatic carbocycles. The van der Waals surface area contributed by atoms with Crippen molar-refractivity contribution in [1.29, 1.82) is 0 Å². The lowest BCUT2D eigenvalue weighted by molar-refractivity contribution is -0.126. The normalized spacial score (nSPS) is 15.5. The summed E-state index contributed by atoms with van der Waals surface area (Å²) < 4.78 is 11.3.